The number of nitrogens with zero attached hydrogens (tertiary/aromatic N) is 3. The summed E-state index contributed by atoms with van der Waals surface area (Å²) in [6.45, 7) is 1.90. The molecule has 8 heteroatoms. The second-order valence-electron chi connectivity index (χ2n) is 6.33. The number of nitrogens with one attached hydrogen (secondary N) is 2. The number of hydrogen-bond acceptors (Lipinski definition) is 4. The molecule has 0 radical (unpaired) electrons. The van der Waals surface area contributed by atoms with E-state index in [0.29, 0.717) is 5.65 Å². The summed E-state index contributed by atoms with van der Waals surface area (Å²) in [5.74, 6) is -1.55. The first-order valence-electron chi connectivity index (χ1n) is 8.79. The van der Waals surface area contributed by atoms with Crippen LogP contribution in [0.15, 0.2) is 67.0 Å². The summed E-state index contributed by atoms with van der Waals surface area (Å²) < 4.78 is 15.6. The van der Waals surface area contributed by atoms with E-state index in [1.54, 1.807) is 34.9 Å². The summed E-state index contributed by atoms with van der Waals surface area (Å²) in [7, 11) is 0. The lowest BCUT2D eigenvalue weighted by atomic mass is 10.2. The number of anilines is 2. The highest BCUT2D eigenvalue weighted by Gasteiger charge is 2.16. The summed E-state index contributed by atoms with van der Waals surface area (Å²) in [6.07, 6.45) is 3.10. The van der Waals surface area contributed by atoms with Gasteiger partial charge in [0.15, 0.2) is 0 Å². The smallest absolute Gasteiger partial charge is 0.275 e. The van der Waals surface area contributed by atoms with Gasteiger partial charge in [-0.3, -0.25) is 14.6 Å². The second-order valence-corrected chi connectivity index (χ2v) is 6.33. The van der Waals surface area contributed by atoms with Crippen molar-refractivity contribution in [3.8, 4) is 0 Å². The van der Waals surface area contributed by atoms with E-state index in [1.165, 1.54) is 18.3 Å². The number of aromatic nitrogens is 3. The molecule has 1 aromatic carbocycles. The molecule has 0 aliphatic heterocycles. The Morgan fingerprint density at radius 2 is 1.72 bits per heavy atom. The minimum atomic E-state index is -0.554. The Morgan fingerprint density at radius 1 is 0.931 bits per heavy atom. The molecule has 3 heterocycles. The molecule has 0 aliphatic carbocycles. The Balaban J connectivity index is 1.60. The van der Waals surface area contributed by atoms with Crippen LogP contribution in [0.4, 0.5) is 15.8 Å². The number of aryl methyl sites for hydroxylation is 1. The molecule has 0 atom stereocenters. The number of benzene rings is 1. The lowest BCUT2D eigenvalue weighted by Crippen LogP contribution is -2.18. The van der Waals surface area contributed by atoms with E-state index in [4.69, 9.17) is 0 Å². The summed E-state index contributed by atoms with van der Waals surface area (Å²) in [5.41, 5.74) is 2.28. The maximum absolute atomic E-state index is 13.8. The predicted octanol–water partition coefficient (Wildman–Crippen LogP) is 3.68. The zero-order valence-corrected chi connectivity index (χ0v) is 15.4. The van der Waals surface area contributed by atoms with Crippen LogP contribution in [0.3, 0.4) is 0 Å². The van der Waals surface area contributed by atoms with Crippen molar-refractivity contribution in [1.29, 1.82) is 0 Å². The largest absolute Gasteiger partial charge is 0.319 e. The lowest BCUT2D eigenvalue weighted by molar-refractivity contribution is 0.101. The van der Waals surface area contributed by atoms with Crippen molar-refractivity contribution in [2.45, 2.75) is 6.92 Å². The standard InChI is InChI=1S/C21H16FN5O2/c1-13-5-4-7-19-24-18(12-27(13)19)21(29)26-17-11-14(22)8-9-15(17)25-20(28)16-6-2-3-10-23-16/h2-12H,1H3,(H,25,28)(H,26,29). The first kappa shape index (κ1) is 18.3. The van der Waals surface area contributed by atoms with Gasteiger partial charge in [-0.2, -0.15) is 0 Å². The van der Waals surface area contributed by atoms with Gasteiger partial charge in [-0.1, -0.05) is 12.1 Å². The number of carbonyl (C=O) groups is 2. The molecular formula is C21H16FN5O2. The van der Waals surface area contributed by atoms with Crippen molar-refractivity contribution < 1.29 is 14.0 Å². The van der Waals surface area contributed by atoms with Gasteiger partial charge >= 0.3 is 0 Å². The van der Waals surface area contributed by atoms with E-state index in [0.717, 1.165) is 11.8 Å². The number of fused-ring (bicyclic) bond motifs is 1. The van der Waals surface area contributed by atoms with Crippen LogP contribution in [0, 0.1) is 12.7 Å². The fraction of sp³-hybridized carbons (Fsp3) is 0.0476. The van der Waals surface area contributed by atoms with Crippen LogP contribution in [0.5, 0.6) is 0 Å². The molecule has 0 saturated heterocycles. The first-order valence-corrected chi connectivity index (χ1v) is 8.79. The highest BCUT2D eigenvalue weighted by molar-refractivity contribution is 6.09. The van der Waals surface area contributed by atoms with E-state index in [-0.39, 0.29) is 22.8 Å². The van der Waals surface area contributed by atoms with Crippen LogP contribution in [0.25, 0.3) is 5.65 Å². The van der Waals surface area contributed by atoms with Crippen LogP contribution < -0.4 is 10.6 Å². The molecular weight excluding hydrogens is 373 g/mol. The van der Waals surface area contributed by atoms with Crippen molar-refractivity contribution in [2.75, 3.05) is 10.6 Å². The Morgan fingerprint density at radius 3 is 2.48 bits per heavy atom. The molecule has 0 spiro atoms. The van der Waals surface area contributed by atoms with E-state index >= 15 is 0 Å². The maximum atomic E-state index is 13.8. The number of hydrogen-bond donors (Lipinski definition) is 2. The molecule has 2 amide bonds. The van der Waals surface area contributed by atoms with Gasteiger partial charge in [0, 0.05) is 18.1 Å². The fourth-order valence-electron chi connectivity index (χ4n) is 2.86. The monoisotopic (exact) mass is 389 g/mol. The third kappa shape index (κ3) is 3.81. The van der Waals surface area contributed by atoms with Crippen LogP contribution in [0.1, 0.15) is 26.7 Å². The quantitative estimate of drug-likeness (QED) is 0.557. The molecule has 0 unspecified atom stereocenters. The van der Waals surface area contributed by atoms with Gasteiger partial charge in [-0.15, -0.1) is 0 Å². The zero-order valence-electron chi connectivity index (χ0n) is 15.4. The van der Waals surface area contributed by atoms with Crippen LogP contribution in [0.2, 0.25) is 0 Å². The SMILES string of the molecule is Cc1cccc2nc(C(=O)Nc3cc(F)ccc3NC(=O)c3ccccn3)cn12. The first-order chi connectivity index (χ1) is 14.0. The third-order valence-electron chi connectivity index (χ3n) is 4.30. The van der Waals surface area contributed by atoms with Crippen molar-refractivity contribution in [1.82, 2.24) is 14.4 Å². The summed E-state index contributed by atoms with van der Waals surface area (Å²) in [4.78, 5) is 33.3. The van der Waals surface area contributed by atoms with Crippen molar-refractivity contribution in [3.05, 3.63) is 89.9 Å². The molecule has 0 saturated carbocycles. The number of rotatable bonds is 4. The highest BCUT2D eigenvalue weighted by atomic mass is 19.1. The van der Waals surface area contributed by atoms with Crippen molar-refractivity contribution in [2.24, 2.45) is 0 Å². The van der Waals surface area contributed by atoms with Gasteiger partial charge < -0.3 is 15.0 Å². The van der Waals surface area contributed by atoms with E-state index in [1.807, 2.05) is 19.1 Å². The van der Waals surface area contributed by atoms with E-state index < -0.39 is 17.6 Å². The molecule has 0 bridgehead atoms. The number of imidazole rings is 1. The van der Waals surface area contributed by atoms with E-state index in [9.17, 15) is 14.0 Å². The van der Waals surface area contributed by atoms with Gasteiger partial charge in [0.2, 0.25) is 0 Å². The van der Waals surface area contributed by atoms with Crippen LogP contribution >= 0.6 is 0 Å². The van der Waals surface area contributed by atoms with Crippen LogP contribution in [-0.2, 0) is 0 Å². The minimum absolute atomic E-state index is 0.119. The predicted molar refractivity (Wildman–Crippen MR) is 106 cm³/mol. The maximum Gasteiger partial charge on any atom is 0.275 e. The minimum Gasteiger partial charge on any atom is -0.319 e. The molecule has 29 heavy (non-hydrogen) atoms. The van der Waals surface area contributed by atoms with Crippen LogP contribution in [-0.4, -0.2) is 26.2 Å². The normalized spacial score (nSPS) is 10.7. The van der Waals surface area contributed by atoms with Gasteiger partial charge in [-0.25, -0.2) is 9.37 Å². The molecule has 144 valence electrons. The average molecular weight is 389 g/mol. The topological polar surface area (TPSA) is 88.4 Å². The molecule has 0 fully saturated rings. The molecule has 0 aliphatic rings. The molecule has 4 rings (SSSR count). The number of carbonyl (C=O) groups excluding carboxylic acids is 2. The molecule has 2 N–H and O–H groups in total. The molecule has 4 aromatic rings. The third-order valence-corrected chi connectivity index (χ3v) is 4.30. The number of halogens is 1. The Kier molecular flexibility index (Phi) is 4.74. The van der Waals surface area contributed by atoms with Gasteiger partial charge in [0.1, 0.15) is 22.9 Å². The zero-order chi connectivity index (χ0) is 20.4. The average Bonchev–Trinajstić information content (AvgIpc) is 3.16. The van der Waals surface area contributed by atoms with Crippen molar-refractivity contribution in [3.63, 3.8) is 0 Å². The van der Waals surface area contributed by atoms with Crippen molar-refractivity contribution >= 4 is 28.8 Å². The van der Waals surface area contributed by atoms with Gasteiger partial charge in [0.05, 0.1) is 11.4 Å². The number of amides is 2. The Hall–Kier alpha value is -4.07. The lowest BCUT2D eigenvalue weighted by Gasteiger charge is -2.11. The Bertz CT molecular complexity index is 1220. The molecule has 3 aromatic heterocycles. The molecule has 7 nitrogen and oxygen atoms in total. The van der Waals surface area contributed by atoms with E-state index in [2.05, 4.69) is 20.6 Å². The fourth-order valence-corrected chi connectivity index (χ4v) is 2.86. The number of pyridine rings is 2. The second kappa shape index (κ2) is 7.51. The summed E-state index contributed by atoms with van der Waals surface area (Å²) in [5, 5.41) is 5.25. The summed E-state index contributed by atoms with van der Waals surface area (Å²) in [6, 6.07) is 14.1. The summed E-state index contributed by atoms with van der Waals surface area (Å²) >= 11 is 0. The van der Waals surface area contributed by atoms with Gasteiger partial charge in [0.25, 0.3) is 11.8 Å². The Labute approximate surface area is 165 Å². The van der Waals surface area contributed by atoms with Gasteiger partial charge in [-0.05, 0) is 49.4 Å². The highest BCUT2D eigenvalue weighted by Crippen LogP contribution is 2.24.